The second-order valence-corrected chi connectivity index (χ2v) is 5.86. The molecule has 5 nitrogen and oxygen atoms in total. The molecule has 1 atom stereocenters. The van der Waals surface area contributed by atoms with E-state index in [0.29, 0.717) is 16.3 Å². The number of halogens is 1. The van der Waals surface area contributed by atoms with Crippen LogP contribution in [-0.4, -0.2) is 28.5 Å². The second kappa shape index (κ2) is 7.10. The summed E-state index contributed by atoms with van der Waals surface area (Å²) < 4.78 is 5.15. The second-order valence-electron chi connectivity index (χ2n) is 5.03. The van der Waals surface area contributed by atoms with E-state index in [4.69, 9.17) is 28.6 Å². The Bertz CT molecular complexity index is 685. The summed E-state index contributed by atoms with van der Waals surface area (Å²) in [5.41, 5.74) is 1.67. The average molecular weight is 353 g/mol. The summed E-state index contributed by atoms with van der Waals surface area (Å²) in [7, 11) is 0. The first-order chi connectivity index (χ1) is 10.9. The van der Waals surface area contributed by atoms with Crippen LogP contribution in [0.2, 0.25) is 5.02 Å². The molecule has 1 heterocycles. The van der Waals surface area contributed by atoms with E-state index in [2.05, 4.69) is 5.32 Å². The van der Waals surface area contributed by atoms with Crippen molar-refractivity contribution in [2.75, 3.05) is 6.61 Å². The van der Waals surface area contributed by atoms with Gasteiger partial charge < -0.3 is 10.1 Å². The molecule has 0 spiro atoms. The van der Waals surface area contributed by atoms with Crippen LogP contribution in [0.4, 0.5) is 0 Å². The summed E-state index contributed by atoms with van der Waals surface area (Å²) in [4.78, 5) is 25.9. The van der Waals surface area contributed by atoms with E-state index in [1.165, 1.54) is 11.8 Å². The number of amides is 1. The molecule has 0 unspecified atom stereocenters. The Kier molecular flexibility index (Phi) is 5.38. The van der Waals surface area contributed by atoms with Gasteiger partial charge >= 0.3 is 5.97 Å². The number of nitrogens with one attached hydrogen (secondary N) is 1. The van der Waals surface area contributed by atoms with Crippen molar-refractivity contribution < 1.29 is 14.3 Å². The Labute approximate surface area is 145 Å². The minimum absolute atomic E-state index is 0.244. The fourth-order valence-corrected chi connectivity index (χ4v) is 3.01. The highest BCUT2D eigenvalue weighted by Gasteiger charge is 2.38. The van der Waals surface area contributed by atoms with Crippen LogP contribution >= 0.6 is 23.8 Å². The highest BCUT2D eigenvalue weighted by Crippen LogP contribution is 2.34. The van der Waals surface area contributed by atoms with E-state index in [1.807, 2.05) is 0 Å². The van der Waals surface area contributed by atoms with Crippen molar-refractivity contribution in [3.8, 4) is 0 Å². The van der Waals surface area contributed by atoms with Crippen LogP contribution in [0, 0.1) is 0 Å². The van der Waals surface area contributed by atoms with Gasteiger partial charge in [-0.25, -0.2) is 4.79 Å². The standard InChI is InChI=1S/C16H17ClN2O3S/c1-4-22-15(21)13-9(2)18-16(23)19(10(3)20)14(13)11-5-7-12(17)8-6-11/h5-8,14H,4H2,1-3H3,(H,18,23)/t14-/m0/s1. The molecule has 0 saturated carbocycles. The molecular weight excluding hydrogens is 336 g/mol. The number of esters is 1. The summed E-state index contributed by atoms with van der Waals surface area (Å²) in [6.45, 7) is 5.11. The van der Waals surface area contributed by atoms with Crippen LogP contribution < -0.4 is 5.32 Å². The summed E-state index contributed by atoms with van der Waals surface area (Å²) in [5, 5.41) is 3.72. The predicted octanol–water partition coefficient (Wildman–Crippen LogP) is 2.95. The van der Waals surface area contributed by atoms with Gasteiger partial charge in [-0.15, -0.1) is 0 Å². The lowest BCUT2D eigenvalue weighted by molar-refractivity contribution is -0.139. The zero-order valence-electron chi connectivity index (χ0n) is 13.1. The first-order valence-corrected chi connectivity index (χ1v) is 7.89. The minimum atomic E-state index is -0.641. The Hall–Kier alpha value is -1.92. The maximum Gasteiger partial charge on any atom is 0.338 e. The molecule has 7 heteroatoms. The molecular formula is C16H17ClN2O3S. The minimum Gasteiger partial charge on any atom is -0.463 e. The van der Waals surface area contributed by atoms with Gasteiger partial charge in [-0.1, -0.05) is 23.7 Å². The van der Waals surface area contributed by atoms with Gasteiger partial charge in [0.2, 0.25) is 5.91 Å². The summed E-state index contributed by atoms with van der Waals surface area (Å²) >= 11 is 11.2. The van der Waals surface area contributed by atoms with E-state index in [1.54, 1.807) is 38.1 Å². The van der Waals surface area contributed by atoms with Crippen molar-refractivity contribution in [2.45, 2.75) is 26.8 Å². The maximum atomic E-state index is 12.4. The molecule has 122 valence electrons. The van der Waals surface area contributed by atoms with E-state index in [0.717, 1.165) is 5.56 Å². The molecule has 0 bridgehead atoms. The van der Waals surface area contributed by atoms with Gasteiger partial charge in [0.05, 0.1) is 18.2 Å². The first-order valence-electron chi connectivity index (χ1n) is 7.11. The normalized spacial score (nSPS) is 17.8. The summed E-state index contributed by atoms with van der Waals surface area (Å²) in [5.74, 6) is -0.747. The van der Waals surface area contributed by atoms with Gasteiger partial charge in [-0.2, -0.15) is 0 Å². The fraction of sp³-hybridized carbons (Fsp3) is 0.312. The van der Waals surface area contributed by atoms with Crippen molar-refractivity contribution >= 4 is 40.8 Å². The van der Waals surface area contributed by atoms with Crippen LogP contribution in [0.25, 0.3) is 0 Å². The molecule has 1 aromatic carbocycles. The van der Waals surface area contributed by atoms with E-state index >= 15 is 0 Å². The molecule has 23 heavy (non-hydrogen) atoms. The highest BCUT2D eigenvalue weighted by molar-refractivity contribution is 7.80. The first kappa shape index (κ1) is 17.4. The Morgan fingerprint density at radius 1 is 1.35 bits per heavy atom. The molecule has 1 N–H and O–H groups in total. The van der Waals surface area contributed by atoms with Crippen LogP contribution in [-0.2, 0) is 14.3 Å². The third-order valence-corrected chi connectivity index (χ3v) is 4.02. The smallest absolute Gasteiger partial charge is 0.338 e. The molecule has 0 saturated heterocycles. The van der Waals surface area contributed by atoms with Crippen LogP contribution in [0.5, 0.6) is 0 Å². The Morgan fingerprint density at radius 3 is 2.48 bits per heavy atom. The molecule has 1 aliphatic rings. The number of hydrogen-bond acceptors (Lipinski definition) is 4. The van der Waals surface area contributed by atoms with Gasteiger partial charge in [0.1, 0.15) is 0 Å². The number of benzene rings is 1. The monoisotopic (exact) mass is 352 g/mol. The molecule has 0 aliphatic carbocycles. The van der Waals surface area contributed by atoms with E-state index < -0.39 is 12.0 Å². The van der Waals surface area contributed by atoms with E-state index in [9.17, 15) is 9.59 Å². The average Bonchev–Trinajstić information content (AvgIpc) is 2.46. The quantitative estimate of drug-likeness (QED) is 0.669. The predicted molar refractivity (Wildman–Crippen MR) is 91.8 cm³/mol. The number of hydrogen-bond donors (Lipinski definition) is 1. The van der Waals surface area contributed by atoms with Gasteiger partial charge in [-0.05, 0) is 43.8 Å². The topological polar surface area (TPSA) is 58.6 Å². The molecule has 0 fully saturated rings. The van der Waals surface area contributed by atoms with Crippen molar-refractivity contribution in [2.24, 2.45) is 0 Å². The lowest BCUT2D eigenvalue weighted by Gasteiger charge is -2.37. The van der Waals surface area contributed by atoms with Gasteiger partial charge in [0, 0.05) is 17.6 Å². The number of rotatable bonds is 3. The number of allylic oxidation sites excluding steroid dienone is 1. The number of nitrogens with zero attached hydrogens (tertiary/aromatic N) is 1. The fourth-order valence-electron chi connectivity index (χ4n) is 2.50. The van der Waals surface area contributed by atoms with Gasteiger partial charge in [0.25, 0.3) is 0 Å². The van der Waals surface area contributed by atoms with E-state index in [-0.39, 0.29) is 17.6 Å². The van der Waals surface area contributed by atoms with Crippen LogP contribution in [0.3, 0.4) is 0 Å². The molecule has 2 rings (SSSR count). The SMILES string of the molecule is CCOC(=O)C1=C(C)NC(=S)N(C(C)=O)[C@H]1c1ccc(Cl)cc1. The Balaban J connectivity index is 2.61. The molecule has 0 aromatic heterocycles. The number of thiocarbonyl (C=S) groups is 1. The van der Waals surface area contributed by atoms with Crippen LogP contribution in [0.1, 0.15) is 32.4 Å². The zero-order valence-corrected chi connectivity index (χ0v) is 14.6. The third-order valence-electron chi connectivity index (χ3n) is 3.47. The molecule has 0 radical (unpaired) electrons. The maximum absolute atomic E-state index is 12.4. The van der Waals surface area contributed by atoms with Gasteiger partial charge in [0.15, 0.2) is 5.11 Å². The number of ether oxygens (including phenoxy) is 1. The molecule has 1 aromatic rings. The summed E-state index contributed by atoms with van der Waals surface area (Å²) in [6, 6.07) is 6.31. The van der Waals surface area contributed by atoms with Crippen molar-refractivity contribution in [1.29, 1.82) is 0 Å². The molecule has 1 aliphatic heterocycles. The van der Waals surface area contributed by atoms with Gasteiger partial charge in [-0.3, -0.25) is 9.69 Å². The van der Waals surface area contributed by atoms with Crippen molar-refractivity contribution in [3.63, 3.8) is 0 Å². The highest BCUT2D eigenvalue weighted by atomic mass is 35.5. The number of carbonyl (C=O) groups excluding carboxylic acids is 2. The molecule has 1 amide bonds. The largest absolute Gasteiger partial charge is 0.463 e. The van der Waals surface area contributed by atoms with Crippen molar-refractivity contribution in [3.05, 3.63) is 46.1 Å². The number of carbonyl (C=O) groups is 2. The van der Waals surface area contributed by atoms with Crippen LogP contribution in [0.15, 0.2) is 35.5 Å². The lowest BCUT2D eigenvalue weighted by atomic mass is 9.94. The zero-order chi connectivity index (χ0) is 17.1. The Morgan fingerprint density at radius 2 is 1.96 bits per heavy atom. The lowest BCUT2D eigenvalue weighted by Crippen LogP contribution is -2.50. The van der Waals surface area contributed by atoms with Crippen molar-refractivity contribution in [1.82, 2.24) is 10.2 Å². The summed E-state index contributed by atoms with van der Waals surface area (Å²) in [6.07, 6.45) is 0. The third kappa shape index (κ3) is 3.54.